The van der Waals surface area contributed by atoms with Crippen LogP contribution in [0, 0.1) is 5.41 Å². The lowest BCUT2D eigenvalue weighted by atomic mass is 9.83. The van der Waals surface area contributed by atoms with Crippen molar-refractivity contribution in [1.29, 1.82) is 0 Å². The fraction of sp³-hybridized carbons (Fsp3) is 0.900. The van der Waals surface area contributed by atoms with Crippen LogP contribution in [0.2, 0.25) is 0 Å². The van der Waals surface area contributed by atoms with Crippen LogP contribution in [0.4, 0.5) is 26.3 Å². The predicted octanol–water partition coefficient (Wildman–Crippen LogP) is 3.85. The third-order valence-corrected chi connectivity index (χ3v) is 2.58. The fourth-order valence-corrected chi connectivity index (χ4v) is 1.37. The Morgan fingerprint density at radius 3 is 1.72 bits per heavy atom. The van der Waals surface area contributed by atoms with Gasteiger partial charge < -0.3 is 4.74 Å². The number of carbonyl (C=O) groups is 1. The minimum atomic E-state index is -5.73. The third-order valence-electron chi connectivity index (χ3n) is 2.58. The highest BCUT2D eigenvalue weighted by Crippen LogP contribution is 2.53. The molecule has 0 aromatic rings. The quantitative estimate of drug-likeness (QED) is 0.434. The summed E-state index contributed by atoms with van der Waals surface area (Å²) in [6, 6.07) is 0. The Morgan fingerprint density at radius 1 is 1.00 bits per heavy atom. The Morgan fingerprint density at radius 2 is 1.44 bits per heavy atom. The lowest BCUT2D eigenvalue weighted by molar-refractivity contribution is -0.333. The number of ether oxygens (including phenoxy) is 1. The molecule has 0 aliphatic carbocycles. The SMILES string of the molecule is CCCCOC(=O)C(CC)(C(F)(F)F)C(F)(F)F. The largest absolute Gasteiger partial charge is 0.465 e. The number of halogens is 6. The molecule has 0 aliphatic heterocycles. The molecule has 18 heavy (non-hydrogen) atoms. The van der Waals surface area contributed by atoms with Gasteiger partial charge >= 0.3 is 18.3 Å². The highest BCUT2D eigenvalue weighted by Gasteiger charge is 2.75. The molecule has 108 valence electrons. The van der Waals surface area contributed by atoms with E-state index in [1.165, 1.54) is 0 Å². The summed E-state index contributed by atoms with van der Waals surface area (Å²) in [6.07, 6.45) is -12.2. The molecule has 0 spiro atoms. The smallest absolute Gasteiger partial charge is 0.413 e. The maximum Gasteiger partial charge on any atom is 0.413 e. The minimum absolute atomic E-state index is 0.210. The highest BCUT2D eigenvalue weighted by atomic mass is 19.4. The van der Waals surface area contributed by atoms with E-state index < -0.39 is 36.8 Å². The van der Waals surface area contributed by atoms with E-state index in [2.05, 4.69) is 4.74 Å². The Hall–Kier alpha value is -0.950. The van der Waals surface area contributed by atoms with Gasteiger partial charge in [-0.1, -0.05) is 20.3 Å². The van der Waals surface area contributed by atoms with Crippen molar-refractivity contribution in [3.8, 4) is 0 Å². The van der Waals surface area contributed by atoms with Crippen LogP contribution in [-0.2, 0) is 9.53 Å². The van der Waals surface area contributed by atoms with Crippen LogP contribution < -0.4 is 0 Å². The lowest BCUT2D eigenvalue weighted by Gasteiger charge is -2.33. The number of esters is 1. The Kier molecular flexibility index (Phi) is 5.49. The standard InChI is InChI=1S/C10H14F6O2/c1-3-5-6-18-7(17)8(4-2,9(11,12)13)10(14,15)16/h3-6H2,1-2H3. The number of rotatable bonds is 5. The molecule has 0 heterocycles. The van der Waals surface area contributed by atoms with Gasteiger partial charge in [0.25, 0.3) is 5.41 Å². The lowest BCUT2D eigenvalue weighted by Crippen LogP contribution is -2.56. The van der Waals surface area contributed by atoms with Crippen molar-refractivity contribution < 1.29 is 35.9 Å². The van der Waals surface area contributed by atoms with Crippen LogP contribution in [-0.4, -0.2) is 24.9 Å². The summed E-state index contributed by atoms with van der Waals surface area (Å²) >= 11 is 0. The van der Waals surface area contributed by atoms with Crippen molar-refractivity contribution in [2.24, 2.45) is 5.41 Å². The van der Waals surface area contributed by atoms with Crippen LogP contribution in [0.1, 0.15) is 33.1 Å². The Balaban J connectivity index is 5.28. The second-order valence-electron chi connectivity index (χ2n) is 3.74. The molecule has 0 fully saturated rings. The summed E-state index contributed by atoms with van der Waals surface area (Å²) in [5.41, 5.74) is -4.44. The molecule has 0 atom stereocenters. The summed E-state index contributed by atoms with van der Waals surface area (Å²) in [6.45, 7) is 1.86. The molecule has 0 saturated carbocycles. The van der Waals surface area contributed by atoms with E-state index in [9.17, 15) is 31.1 Å². The summed E-state index contributed by atoms with van der Waals surface area (Å²) in [7, 11) is 0. The zero-order valence-corrected chi connectivity index (χ0v) is 9.91. The van der Waals surface area contributed by atoms with Crippen molar-refractivity contribution >= 4 is 5.97 Å². The van der Waals surface area contributed by atoms with E-state index in [4.69, 9.17) is 0 Å². The van der Waals surface area contributed by atoms with Crippen molar-refractivity contribution in [1.82, 2.24) is 0 Å². The van der Waals surface area contributed by atoms with E-state index in [1.807, 2.05) is 0 Å². The first kappa shape index (κ1) is 17.1. The second-order valence-corrected chi connectivity index (χ2v) is 3.74. The molecule has 0 amide bonds. The molecule has 0 unspecified atom stereocenters. The minimum Gasteiger partial charge on any atom is -0.465 e. The summed E-state index contributed by atoms with van der Waals surface area (Å²) in [5, 5.41) is 0. The number of hydrogen-bond donors (Lipinski definition) is 0. The number of unbranched alkanes of at least 4 members (excludes halogenated alkanes) is 1. The van der Waals surface area contributed by atoms with Crippen LogP contribution in [0.3, 0.4) is 0 Å². The van der Waals surface area contributed by atoms with Crippen LogP contribution in [0.25, 0.3) is 0 Å². The van der Waals surface area contributed by atoms with Gasteiger partial charge in [0.2, 0.25) is 0 Å². The maximum atomic E-state index is 12.6. The van der Waals surface area contributed by atoms with Crippen LogP contribution in [0.15, 0.2) is 0 Å². The number of hydrogen-bond acceptors (Lipinski definition) is 2. The van der Waals surface area contributed by atoms with Gasteiger partial charge in [0.05, 0.1) is 6.61 Å². The Labute approximate surface area is 100 Å². The van der Waals surface area contributed by atoms with Crippen molar-refractivity contribution in [2.75, 3.05) is 6.61 Å². The predicted molar refractivity (Wildman–Crippen MR) is 50.7 cm³/mol. The molecule has 0 aromatic carbocycles. The van der Waals surface area contributed by atoms with E-state index >= 15 is 0 Å². The topological polar surface area (TPSA) is 26.3 Å². The zero-order chi connectivity index (χ0) is 14.6. The van der Waals surface area contributed by atoms with Gasteiger partial charge in [-0.2, -0.15) is 26.3 Å². The fourth-order valence-electron chi connectivity index (χ4n) is 1.37. The van der Waals surface area contributed by atoms with Gasteiger partial charge in [-0.25, -0.2) is 0 Å². The van der Waals surface area contributed by atoms with Crippen LogP contribution in [0.5, 0.6) is 0 Å². The molecular formula is C10H14F6O2. The van der Waals surface area contributed by atoms with Gasteiger partial charge in [-0.05, 0) is 12.8 Å². The van der Waals surface area contributed by atoms with Gasteiger partial charge in [0.1, 0.15) is 0 Å². The molecule has 0 saturated heterocycles. The first-order valence-electron chi connectivity index (χ1n) is 5.35. The van der Waals surface area contributed by atoms with E-state index in [0.29, 0.717) is 13.3 Å². The molecule has 0 aliphatic rings. The average molecular weight is 280 g/mol. The van der Waals surface area contributed by atoms with Crippen LogP contribution >= 0.6 is 0 Å². The van der Waals surface area contributed by atoms with Gasteiger partial charge in [-0.3, -0.25) is 4.79 Å². The first-order chi connectivity index (χ1) is 8.04. The van der Waals surface area contributed by atoms with Crippen molar-refractivity contribution in [3.63, 3.8) is 0 Å². The molecule has 2 nitrogen and oxygen atoms in total. The normalized spacial score (nSPS) is 13.6. The summed E-state index contributed by atoms with van der Waals surface area (Å²) in [5.74, 6) is -2.28. The number of alkyl halides is 6. The zero-order valence-electron chi connectivity index (χ0n) is 9.91. The molecule has 0 bridgehead atoms. The molecule has 0 radical (unpaired) electrons. The van der Waals surface area contributed by atoms with Gasteiger partial charge in [0.15, 0.2) is 0 Å². The molecular weight excluding hydrogens is 266 g/mol. The van der Waals surface area contributed by atoms with Gasteiger partial charge in [0, 0.05) is 0 Å². The average Bonchev–Trinajstić information content (AvgIpc) is 2.15. The first-order valence-corrected chi connectivity index (χ1v) is 5.35. The molecule has 0 N–H and O–H groups in total. The van der Waals surface area contributed by atoms with E-state index in [0.717, 1.165) is 0 Å². The van der Waals surface area contributed by atoms with Crippen molar-refractivity contribution in [2.45, 2.75) is 45.5 Å². The summed E-state index contributed by atoms with van der Waals surface area (Å²) < 4.78 is 79.8. The molecule has 8 heteroatoms. The molecule has 0 rings (SSSR count). The summed E-state index contributed by atoms with van der Waals surface area (Å²) in [4.78, 5) is 11.2. The highest BCUT2D eigenvalue weighted by molar-refractivity contribution is 5.79. The van der Waals surface area contributed by atoms with Crippen molar-refractivity contribution in [3.05, 3.63) is 0 Å². The third kappa shape index (κ3) is 3.08. The van der Waals surface area contributed by atoms with E-state index in [1.54, 1.807) is 6.92 Å². The van der Waals surface area contributed by atoms with E-state index in [-0.39, 0.29) is 6.42 Å². The second kappa shape index (κ2) is 5.79. The Bertz CT molecular complexity index is 267. The monoisotopic (exact) mass is 280 g/mol. The van der Waals surface area contributed by atoms with Gasteiger partial charge in [-0.15, -0.1) is 0 Å². The molecule has 0 aromatic heterocycles. The maximum absolute atomic E-state index is 12.6. The number of carbonyl (C=O) groups excluding carboxylic acids is 1.